The molecule has 1 aliphatic heterocycles. The third kappa shape index (κ3) is 3.45. The zero-order valence-corrected chi connectivity index (χ0v) is 12.4. The second kappa shape index (κ2) is 6.66. The monoisotopic (exact) mass is 283 g/mol. The molecule has 0 spiro atoms. The van der Waals surface area contributed by atoms with E-state index in [0.717, 1.165) is 45.2 Å². The van der Waals surface area contributed by atoms with Crippen LogP contribution >= 0.6 is 12.2 Å². The van der Waals surface area contributed by atoms with E-state index < -0.39 is 5.41 Å². The third-order valence-electron chi connectivity index (χ3n) is 4.50. The predicted octanol–water partition coefficient (Wildman–Crippen LogP) is 1.43. The van der Waals surface area contributed by atoms with Gasteiger partial charge < -0.3 is 16.0 Å². The molecule has 2 rings (SSSR count). The topological polar surface area (TPSA) is 58.4 Å². The molecular formula is C14H25N3OS. The van der Waals surface area contributed by atoms with Gasteiger partial charge in [0.05, 0.1) is 10.4 Å². The zero-order chi connectivity index (χ0) is 13.7. The minimum absolute atomic E-state index is 0.0546. The lowest BCUT2D eigenvalue weighted by atomic mass is 9.85. The Kier molecular flexibility index (Phi) is 5.16. The van der Waals surface area contributed by atoms with E-state index in [1.165, 1.54) is 25.9 Å². The Morgan fingerprint density at radius 3 is 2.42 bits per heavy atom. The molecular weight excluding hydrogens is 258 g/mol. The molecule has 0 aromatic rings. The van der Waals surface area contributed by atoms with Gasteiger partial charge in [0.25, 0.3) is 0 Å². The number of likely N-dealkylation sites (tertiary alicyclic amines) is 1. The van der Waals surface area contributed by atoms with Crippen LogP contribution in [0.15, 0.2) is 0 Å². The van der Waals surface area contributed by atoms with Gasteiger partial charge in [-0.3, -0.25) is 4.79 Å². The molecule has 1 aliphatic carbocycles. The number of hydrogen-bond donors (Lipinski definition) is 2. The first-order valence-electron chi connectivity index (χ1n) is 7.46. The van der Waals surface area contributed by atoms with Crippen molar-refractivity contribution in [2.24, 2.45) is 11.1 Å². The lowest BCUT2D eigenvalue weighted by Crippen LogP contribution is -2.47. The number of amides is 1. The van der Waals surface area contributed by atoms with Crippen molar-refractivity contribution in [3.05, 3.63) is 0 Å². The fourth-order valence-corrected chi connectivity index (χ4v) is 3.54. The summed E-state index contributed by atoms with van der Waals surface area (Å²) in [7, 11) is 0. The lowest BCUT2D eigenvalue weighted by molar-refractivity contribution is -0.127. The van der Waals surface area contributed by atoms with Crippen LogP contribution in [0, 0.1) is 5.41 Å². The fraction of sp³-hybridized carbons (Fsp3) is 0.857. The van der Waals surface area contributed by atoms with Crippen LogP contribution in [0.4, 0.5) is 0 Å². The van der Waals surface area contributed by atoms with E-state index >= 15 is 0 Å². The molecule has 0 unspecified atom stereocenters. The van der Waals surface area contributed by atoms with Crippen molar-refractivity contribution < 1.29 is 4.79 Å². The average Bonchev–Trinajstić information content (AvgIpc) is 3.05. The van der Waals surface area contributed by atoms with E-state index in [9.17, 15) is 4.79 Å². The summed E-state index contributed by atoms with van der Waals surface area (Å²) in [6.07, 6.45) is 7.39. The Hall–Kier alpha value is -0.680. The van der Waals surface area contributed by atoms with Gasteiger partial charge in [-0.1, -0.05) is 25.1 Å². The Labute approximate surface area is 121 Å². The number of carbonyl (C=O) groups is 1. The van der Waals surface area contributed by atoms with Gasteiger partial charge in [-0.05, 0) is 51.7 Å². The highest BCUT2D eigenvalue weighted by molar-refractivity contribution is 7.80. The van der Waals surface area contributed by atoms with E-state index in [4.69, 9.17) is 18.0 Å². The van der Waals surface area contributed by atoms with Crippen molar-refractivity contribution in [1.82, 2.24) is 10.2 Å². The molecule has 0 radical (unpaired) electrons. The highest BCUT2D eigenvalue weighted by atomic mass is 32.1. The van der Waals surface area contributed by atoms with Crippen molar-refractivity contribution >= 4 is 23.1 Å². The van der Waals surface area contributed by atoms with Crippen molar-refractivity contribution in [3.63, 3.8) is 0 Å². The highest BCUT2D eigenvalue weighted by Gasteiger charge is 2.43. The summed E-state index contributed by atoms with van der Waals surface area (Å²) in [4.78, 5) is 15.2. The maximum absolute atomic E-state index is 12.3. The van der Waals surface area contributed by atoms with Gasteiger partial charge in [-0.25, -0.2) is 0 Å². The summed E-state index contributed by atoms with van der Waals surface area (Å²) in [5.74, 6) is 0.0546. The van der Waals surface area contributed by atoms with Crippen LogP contribution in [0.25, 0.3) is 0 Å². The second-order valence-corrected chi connectivity index (χ2v) is 6.25. The smallest absolute Gasteiger partial charge is 0.233 e. The minimum atomic E-state index is -0.553. The van der Waals surface area contributed by atoms with Crippen molar-refractivity contribution in [2.75, 3.05) is 26.2 Å². The van der Waals surface area contributed by atoms with E-state index in [1.54, 1.807) is 0 Å². The molecule has 4 nitrogen and oxygen atoms in total. The first-order chi connectivity index (χ1) is 9.15. The number of rotatable bonds is 6. The number of nitrogens with zero attached hydrogens (tertiary/aromatic N) is 1. The van der Waals surface area contributed by atoms with Gasteiger partial charge in [0.1, 0.15) is 0 Å². The molecule has 1 saturated carbocycles. The van der Waals surface area contributed by atoms with Crippen LogP contribution in [0.3, 0.4) is 0 Å². The third-order valence-corrected chi connectivity index (χ3v) is 4.89. The van der Waals surface area contributed by atoms with Crippen LogP contribution in [-0.4, -0.2) is 42.0 Å². The molecule has 0 aromatic carbocycles. The van der Waals surface area contributed by atoms with Gasteiger partial charge in [0, 0.05) is 6.54 Å². The Morgan fingerprint density at radius 2 is 1.84 bits per heavy atom. The zero-order valence-electron chi connectivity index (χ0n) is 11.6. The summed E-state index contributed by atoms with van der Waals surface area (Å²) in [5, 5.41) is 3.04. The Morgan fingerprint density at radius 1 is 1.21 bits per heavy atom. The maximum atomic E-state index is 12.3. The van der Waals surface area contributed by atoms with E-state index in [2.05, 4.69) is 10.2 Å². The fourth-order valence-electron chi connectivity index (χ4n) is 3.24. The summed E-state index contributed by atoms with van der Waals surface area (Å²) in [6.45, 7) is 4.25. The van der Waals surface area contributed by atoms with Crippen LogP contribution < -0.4 is 11.1 Å². The van der Waals surface area contributed by atoms with E-state index in [0.29, 0.717) is 4.99 Å². The van der Waals surface area contributed by atoms with Gasteiger partial charge in [-0.2, -0.15) is 0 Å². The molecule has 19 heavy (non-hydrogen) atoms. The Balaban J connectivity index is 1.72. The standard InChI is InChI=1S/C14H25N3OS/c15-12(19)14(6-1-2-7-14)13(18)16-8-5-11-17-9-3-4-10-17/h1-11H2,(H2,15,19)(H,16,18). The average molecular weight is 283 g/mol. The maximum Gasteiger partial charge on any atom is 0.233 e. The summed E-state index contributed by atoms with van der Waals surface area (Å²) >= 11 is 5.12. The number of nitrogens with two attached hydrogens (primary N) is 1. The predicted molar refractivity (Wildman–Crippen MR) is 81.0 cm³/mol. The first kappa shape index (κ1) is 14.7. The van der Waals surface area contributed by atoms with Crippen LogP contribution in [0.1, 0.15) is 44.9 Å². The molecule has 0 aromatic heterocycles. The van der Waals surface area contributed by atoms with Crippen molar-refractivity contribution in [2.45, 2.75) is 44.9 Å². The summed E-state index contributed by atoms with van der Waals surface area (Å²) in [5.41, 5.74) is 5.25. The molecule has 108 valence electrons. The van der Waals surface area contributed by atoms with E-state index in [1.807, 2.05) is 0 Å². The van der Waals surface area contributed by atoms with E-state index in [-0.39, 0.29) is 5.91 Å². The number of hydrogen-bond acceptors (Lipinski definition) is 3. The number of carbonyl (C=O) groups excluding carboxylic acids is 1. The quantitative estimate of drug-likeness (QED) is 0.572. The second-order valence-electron chi connectivity index (χ2n) is 5.81. The first-order valence-corrected chi connectivity index (χ1v) is 7.86. The number of thiocarbonyl (C=S) groups is 1. The molecule has 1 heterocycles. The summed E-state index contributed by atoms with van der Waals surface area (Å²) in [6, 6.07) is 0. The molecule has 2 fully saturated rings. The van der Waals surface area contributed by atoms with Crippen molar-refractivity contribution in [3.8, 4) is 0 Å². The van der Waals surface area contributed by atoms with Crippen molar-refractivity contribution in [1.29, 1.82) is 0 Å². The molecule has 5 heteroatoms. The highest BCUT2D eigenvalue weighted by Crippen LogP contribution is 2.38. The van der Waals surface area contributed by atoms with Crippen LogP contribution in [0.5, 0.6) is 0 Å². The van der Waals surface area contributed by atoms with Gasteiger partial charge >= 0.3 is 0 Å². The molecule has 0 bridgehead atoms. The number of nitrogens with one attached hydrogen (secondary N) is 1. The van der Waals surface area contributed by atoms with Gasteiger partial charge in [0.2, 0.25) is 5.91 Å². The van der Waals surface area contributed by atoms with Crippen LogP contribution in [-0.2, 0) is 4.79 Å². The van der Waals surface area contributed by atoms with Gasteiger partial charge in [-0.15, -0.1) is 0 Å². The minimum Gasteiger partial charge on any atom is -0.392 e. The lowest BCUT2D eigenvalue weighted by Gasteiger charge is -2.26. The Bertz CT molecular complexity index is 334. The normalized spacial score (nSPS) is 22.5. The molecule has 1 amide bonds. The molecule has 0 atom stereocenters. The summed E-state index contributed by atoms with van der Waals surface area (Å²) < 4.78 is 0. The molecule has 2 aliphatic rings. The molecule has 1 saturated heterocycles. The SMILES string of the molecule is NC(=S)C1(C(=O)NCCCN2CCCC2)CCCC1. The largest absolute Gasteiger partial charge is 0.392 e. The van der Waals surface area contributed by atoms with Crippen LogP contribution in [0.2, 0.25) is 0 Å². The molecule has 3 N–H and O–H groups in total. The van der Waals surface area contributed by atoms with Gasteiger partial charge in [0.15, 0.2) is 0 Å².